The van der Waals surface area contributed by atoms with Gasteiger partial charge in [-0.3, -0.25) is 4.90 Å². The minimum Gasteiger partial charge on any atom is -0.475 e. The summed E-state index contributed by atoms with van der Waals surface area (Å²) in [5, 5.41) is 9.99. The fraction of sp³-hybridized carbons (Fsp3) is 0.733. The number of hydrogen-bond acceptors (Lipinski definition) is 6. The number of nitrogens with zero attached hydrogens (tertiary/aromatic N) is 3. The first kappa shape index (κ1) is 14.8. The van der Waals surface area contributed by atoms with Crippen LogP contribution in [-0.2, 0) is 0 Å². The van der Waals surface area contributed by atoms with Crippen LogP contribution in [0.4, 0.5) is 0 Å². The van der Waals surface area contributed by atoms with Gasteiger partial charge in [-0.25, -0.2) is 0 Å². The first-order valence-corrected chi connectivity index (χ1v) is 8.35. The van der Waals surface area contributed by atoms with Crippen molar-refractivity contribution in [2.24, 2.45) is 5.92 Å². The highest BCUT2D eigenvalue weighted by Crippen LogP contribution is 2.41. The van der Waals surface area contributed by atoms with E-state index in [4.69, 9.17) is 4.74 Å². The molecule has 1 aromatic rings. The lowest BCUT2D eigenvalue weighted by molar-refractivity contribution is 0.144. The molecule has 2 aliphatic rings. The van der Waals surface area contributed by atoms with Crippen molar-refractivity contribution < 1.29 is 9.84 Å². The fourth-order valence-corrected chi connectivity index (χ4v) is 3.74. The molecule has 0 aliphatic carbocycles. The Labute approximate surface area is 129 Å². The van der Waals surface area contributed by atoms with Crippen molar-refractivity contribution in [1.82, 2.24) is 13.6 Å². The summed E-state index contributed by atoms with van der Waals surface area (Å²) in [6.45, 7) is 4.31. The SMILES string of the molecule is CCC#CCCOc1nsnc1C1CCC2CN1CC2O. The van der Waals surface area contributed by atoms with Gasteiger partial charge < -0.3 is 9.84 Å². The third-order valence-electron chi connectivity index (χ3n) is 4.25. The highest BCUT2D eigenvalue weighted by molar-refractivity contribution is 6.99. The van der Waals surface area contributed by atoms with Crippen molar-refractivity contribution in [3.63, 3.8) is 0 Å². The number of aliphatic hydroxyl groups is 1. The number of hydrogen-bond donors (Lipinski definition) is 1. The average molecular weight is 307 g/mol. The molecule has 0 spiro atoms. The molecule has 1 aromatic heterocycles. The Morgan fingerprint density at radius 3 is 3.10 bits per heavy atom. The van der Waals surface area contributed by atoms with E-state index in [1.54, 1.807) is 0 Å². The molecule has 0 radical (unpaired) electrons. The summed E-state index contributed by atoms with van der Waals surface area (Å²) in [4.78, 5) is 2.32. The lowest BCUT2D eigenvalue weighted by Gasteiger charge is -2.30. The predicted molar refractivity (Wildman–Crippen MR) is 81.1 cm³/mol. The second-order valence-corrected chi connectivity index (χ2v) is 6.16. The van der Waals surface area contributed by atoms with Gasteiger partial charge in [0.15, 0.2) is 0 Å². The maximum Gasteiger partial charge on any atom is 0.250 e. The van der Waals surface area contributed by atoms with Crippen LogP contribution in [0.3, 0.4) is 0 Å². The Hall–Kier alpha value is -1.16. The van der Waals surface area contributed by atoms with Crippen molar-refractivity contribution in [3.8, 4) is 17.7 Å². The zero-order valence-corrected chi connectivity index (χ0v) is 13.1. The van der Waals surface area contributed by atoms with E-state index in [1.165, 1.54) is 11.7 Å². The normalized spacial score (nSPS) is 30.8. The van der Waals surface area contributed by atoms with Crippen LogP contribution in [0.5, 0.6) is 5.88 Å². The van der Waals surface area contributed by atoms with Gasteiger partial charge in [0.1, 0.15) is 12.3 Å². The molecule has 4 unspecified atom stereocenters. The van der Waals surface area contributed by atoms with E-state index in [9.17, 15) is 5.11 Å². The number of aromatic nitrogens is 2. The molecule has 4 atom stereocenters. The van der Waals surface area contributed by atoms with E-state index in [2.05, 4.69) is 25.5 Å². The van der Waals surface area contributed by atoms with Crippen LogP contribution in [0.2, 0.25) is 0 Å². The lowest BCUT2D eigenvalue weighted by atomic mass is 9.93. The smallest absolute Gasteiger partial charge is 0.250 e. The summed E-state index contributed by atoms with van der Waals surface area (Å²) in [5.74, 6) is 7.19. The van der Waals surface area contributed by atoms with E-state index in [-0.39, 0.29) is 12.1 Å². The maximum absolute atomic E-state index is 9.99. The van der Waals surface area contributed by atoms with Gasteiger partial charge in [0.25, 0.3) is 5.88 Å². The fourth-order valence-electron chi connectivity index (χ4n) is 3.19. The zero-order chi connectivity index (χ0) is 14.7. The van der Waals surface area contributed by atoms with Crippen molar-refractivity contribution in [2.75, 3.05) is 19.7 Å². The van der Waals surface area contributed by atoms with Gasteiger partial charge in [-0.2, -0.15) is 4.37 Å². The van der Waals surface area contributed by atoms with E-state index < -0.39 is 0 Å². The summed E-state index contributed by atoms with van der Waals surface area (Å²) in [6.07, 6.45) is 3.50. The van der Waals surface area contributed by atoms with E-state index in [1.807, 2.05) is 6.92 Å². The summed E-state index contributed by atoms with van der Waals surface area (Å²) < 4.78 is 14.5. The Balaban J connectivity index is 1.62. The van der Waals surface area contributed by atoms with Crippen LogP contribution >= 0.6 is 11.7 Å². The number of piperidine rings is 1. The first-order valence-electron chi connectivity index (χ1n) is 7.62. The van der Waals surface area contributed by atoms with Crippen molar-refractivity contribution in [3.05, 3.63) is 5.69 Å². The van der Waals surface area contributed by atoms with Crippen LogP contribution in [-0.4, -0.2) is 44.6 Å². The molecule has 21 heavy (non-hydrogen) atoms. The molecule has 0 amide bonds. The molecule has 3 rings (SSSR count). The van der Waals surface area contributed by atoms with Gasteiger partial charge in [-0.05, 0) is 18.8 Å². The molecule has 6 heteroatoms. The first-order chi connectivity index (χ1) is 10.3. The summed E-state index contributed by atoms with van der Waals surface area (Å²) in [6, 6.07) is 0.244. The molecule has 0 saturated carbocycles. The average Bonchev–Trinajstić information content (AvgIpc) is 3.05. The topological polar surface area (TPSA) is 58.5 Å². The van der Waals surface area contributed by atoms with Crippen molar-refractivity contribution in [1.29, 1.82) is 0 Å². The van der Waals surface area contributed by atoms with E-state index in [0.29, 0.717) is 18.4 Å². The van der Waals surface area contributed by atoms with Crippen molar-refractivity contribution in [2.45, 2.75) is 44.8 Å². The minimum absolute atomic E-state index is 0.185. The molecular formula is C15H21N3O2S. The number of aliphatic hydroxyl groups excluding tert-OH is 1. The second kappa shape index (κ2) is 6.73. The predicted octanol–water partition coefficient (Wildman–Crippen LogP) is 1.85. The number of ether oxygens (including phenoxy) is 1. The molecule has 2 bridgehead atoms. The van der Waals surface area contributed by atoms with Gasteiger partial charge in [-0.15, -0.1) is 10.3 Å². The third-order valence-corrected chi connectivity index (χ3v) is 4.78. The molecule has 114 valence electrons. The quantitative estimate of drug-likeness (QED) is 0.679. The molecule has 3 heterocycles. The summed E-state index contributed by atoms with van der Waals surface area (Å²) in [7, 11) is 0. The molecule has 0 aromatic carbocycles. The molecular weight excluding hydrogens is 286 g/mol. The number of rotatable bonds is 4. The highest BCUT2D eigenvalue weighted by Gasteiger charge is 2.41. The minimum atomic E-state index is -0.185. The molecule has 2 fully saturated rings. The zero-order valence-electron chi connectivity index (χ0n) is 12.3. The molecule has 2 saturated heterocycles. The van der Waals surface area contributed by atoms with Gasteiger partial charge >= 0.3 is 0 Å². The maximum atomic E-state index is 9.99. The van der Waals surface area contributed by atoms with Crippen LogP contribution in [0.15, 0.2) is 0 Å². The third kappa shape index (κ3) is 3.20. The largest absolute Gasteiger partial charge is 0.475 e. The second-order valence-electron chi connectivity index (χ2n) is 5.63. The van der Waals surface area contributed by atoms with Crippen LogP contribution < -0.4 is 4.74 Å². The van der Waals surface area contributed by atoms with Gasteiger partial charge in [0, 0.05) is 25.9 Å². The van der Waals surface area contributed by atoms with Crippen LogP contribution in [0, 0.1) is 17.8 Å². The Kier molecular flexibility index (Phi) is 4.73. The van der Waals surface area contributed by atoms with Crippen molar-refractivity contribution >= 4 is 11.7 Å². The van der Waals surface area contributed by atoms with Crippen LogP contribution in [0.1, 0.15) is 44.3 Å². The summed E-state index contributed by atoms with van der Waals surface area (Å²) in [5.41, 5.74) is 0.941. The Bertz CT molecular complexity index is 535. The van der Waals surface area contributed by atoms with Gasteiger partial charge in [-0.1, -0.05) is 12.8 Å². The summed E-state index contributed by atoms with van der Waals surface area (Å²) >= 11 is 1.20. The Morgan fingerprint density at radius 2 is 2.24 bits per heavy atom. The van der Waals surface area contributed by atoms with Gasteiger partial charge in [0.2, 0.25) is 0 Å². The van der Waals surface area contributed by atoms with Crippen LogP contribution in [0.25, 0.3) is 0 Å². The lowest BCUT2D eigenvalue weighted by Crippen LogP contribution is -2.31. The molecule has 5 nitrogen and oxygen atoms in total. The van der Waals surface area contributed by atoms with Gasteiger partial charge in [0.05, 0.1) is 23.9 Å². The standard InChI is InChI=1S/C15H21N3O2S/c1-2-3-4-5-8-20-15-14(16-21-17-15)12-7-6-11-9-18(12)10-13(11)19/h11-13,19H,2,5-10H2,1H3. The number of fused-ring (bicyclic) bond motifs is 2. The van der Waals surface area contributed by atoms with E-state index in [0.717, 1.165) is 44.5 Å². The molecule has 2 aliphatic heterocycles. The Morgan fingerprint density at radius 1 is 1.33 bits per heavy atom. The monoisotopic (exact) mass is 307 g/mol. The molecule has 1 N–H and O–H groups in total. The van der Waals surface area contributed by atoms with E-state index >= 15 is 0 Å². The highest BCUT2D eigenvalue weighted by atomic mass is 32.1.